The zero-order valence-electron chi connectivity index (χ0n) is 13.2. The molecule has 1 aliphatic heterocycles. The summed E-state index contributed by atoms with van der Waals surface area (Å²) in [6.07, 6.45) is 2.44. The third-order valence-corrected chi connectivity index (χ3v) is 5.02. The Balaban J connectivity index is 1.93. The first-order valence-corrected chi connectivity index (χ1v) is 9.50. The van der Waals surface area contributed by atoms with Crippen LogP contribution >= 0.6 is 0 Å². The highest BCUT2D eigenvalue weighted by molar-refractivity contribution is 7.90. The molecule has 0 unspecified atom stereocenters. The summed E-state index contributed by atoms with van der Waals surface area (Å²) in [7, 11) is -3.18. The number of nitrogens with one attached hydrogen (secondary N) is 1. The number of hydrogen-bond donors (Lipinski definition) is 1. The topological polar surface area (TPSA) is 49.4 Å². The van der Waals surface area contributed by atoms with Crippen molar-refractivity contribution in [3.8, 4) is 0 Å². The maximum Gasteiger partial charge on any atom is 0.177 e. The van der Waals surface area contributed by atoms with Crippen molar-refractivity contribution in [1.29, 1.82) is 0 Å². The minimum atomic E-state index is -3.18. The molecule has 0 aromatic heterocycles. The van der Waals surface area contributed by atoms with Crippen LogP contribution in [0.2, 0.25) is 0 Å². The van der Waals surface area contributed by atoms with Crippen LogP contribution in [0.15, 0.2) is 29.2 Å². The number of anilines is 1. The number of para-hydroxylation sites is 1. The van der Waals surface area contributed by atoms with Gasteiger partial charge in [-0.2, -0.15) is 0 Å². The third kappa shape index (κ3) is 4.71. The Bertz CT molecular complexity index is 569. The summed E-state index contributed by atoms with van der Waals surface area (Å²) in [6, 6.07) is 7.15. The molecule has 1 atom stereocenters. The van der Waals surface area contributed by atoms with Crippen LogP contribution in [0.1, 0.15) is 20.3 Å². The zero-order valence-corrected chi connectivity index (χ0v) is 14.0. The van der Waals surface area contributed by atoms with Gasteiger partial charge in [0.15, 0.2) is 9.84 Å². The molecule has 4 nitrogen and oxygen atoms in total. The summed E-state index contributed by atoms with van der Waals surface area (Å²) in [5.41, 5.74) is 0.724. The standard InChI is InChI=1S/C16H26N2O2S/c1-13(2)11-18-9-8-14(12-18)10-17-15-6-4-5-7-16(15)21(3,19)20/h4-7,13-14,17H,8-12H2,1-3H3/t14-/m0/s1. The van der Waals surface area contributed by atoms with Crippen LogP contribution in [0.5, 0.6) is 0 Å². The van der Waals surface area contributed by atoms with Crippen LogP contribution in [0.4, 0.5) is 5.69 Å². The minimum absolute atomic E-state index is 0.391. The Hall–Kier alpha value is -1.07. The fourth-order valence-corrected chi connectivity index (χ4v) is 3.82. The van der Waals surface area contributed by atoms with Crippen LogP contribution in [0.3, 0.4) is 0 Å². The summed E-state index contributed by atoms with van der Waals surface area (Å²) in [6.45, 7) is 8.73. The lowest BCUT2D eigenvalue weighted by atomic mass is 10.1. The van der Waals surface area contributed by atoms with E-state index >= 15 is 0 Å². The van der Waals surface area contributed by atoms with E-state index in [2.05, 4.69) is 24.1 Å². The summed E-state index contributed by atoms with van der Waals surface area (Å²) >= 11 is 0. The number of hydrogen-bond acceptors (Lipinski definition) is 4. The summed E-state index contributed by atoms with van der Waals surface area (Å²) in [5, 5.41) is 3.33. The number of likely N-dealkylation sites (tertiary alicyclic amines) is 1. The van der Waals surface area contributed by atoms with E-state index in [1.54, 1.807) is 12.1 Å². The van der Waals surface area contributed by atoms with E-state index in [0.29, 0.717) is 16.7 Å². The molecule has 1 N–H and O–H groups in total. The molecule has 118 valence electrons. The molecule has 5 heteroatoms. The number of benzene rings is 1. The van der Waals surface area contributed by atoms with E-state index < -0.39 is 9.84 Å². The molecule has 0 saturated carbocycles. The molecule has 0 spiro atoms. The van der Waals surface area contributed by atoms with Gasteiger partial charge in [-0.3, -0.25) is 0 Å². The Morgan fingerprint density at radius 1 is 1.33 bits per heavy atom. The van der Waals surface area contributed by atoms with Gasteiger partial charge in [0, 0.05) is 25.9 Å². The fourth-order valence-electron chi connectivity index (χ4n) is 2.95. The number of rotatable bonds is 6. The van der Waals surface area contributed by atoms with Gasteiger partial charge in [-0.1, -0.05) is 26.0 Å². The normalized spacial score (nSPS) is 20.1. The van der Waals surface area contributed by atoms with Gasteiger partial charge in [0.05, 0.1) is 10.6 Å². The molecule has 21 heavy (non-hydrogen) atoms. The van der Waals surface area contributed by atoms with Gasteiger partial charge in [-0.05, 0) is 36.9 Å². The Morgan fingerprint density at radius 3 is 2.71 bits per heavy atom. The highest BCUT2D eigenvalue weighted by Crippen LogP contribution is 2.23. The third-order valence-electron chi connectivity index (χ3n) is 3.86. The van der Waals surface area contributed by atoms with E-state index in [1.165, 1.54) is 12.7 Å². The number of sulfone groups is 1. The van der Waals surface area contributed by atoms with Crippen molar-refractivity contribution < 1.29 is 8.42 Å². The predicted molar refractivity (Wildman–Crippen MR) is 87.4 cm³/mol. The maximum atomic E-state index is 11.8. The average Bonchev–Trinajstić information content (AvgIpc) is 2.82. The lowest BCUT2D eigenvalue weighted by Crippen LogP contribution is -2.26. The van der Waals surface area contributed by atoms with Gasteiger partial charge in [0.2, 0.25) is 0 Å². The zero-order chi connectivity index (χ0) is 15.5. The maximum absolute atomic E-state index is 11.8. The fraction of sp³-hybridized carbons (Fsp3) is 0.625. The van der Waals surface area contributed by atoms with E-state index in [0.717, 1.165) is 31.9 Å². The van der Waals surface area contributed by atoms with E-state index in [1.807, 2.05) is 12.1 Å². The van der Waals surface area contributed by atoms with Crippen LogP contribution < -0.4 is 5.32 Å². The lowest BCUT2D eigenvalue weighted by Gasteiger charge is -2.19. The molecule has 1 fully saturated rings. The van der Waals surface area contributed by atoms with Crippen molar-refractivity contribution in [3.05, 3.63) is 24.3 Å². The highest BCUT2D eigenvalue weighted by Gasteiger charge is 2.23. The van der Waals surface area contributed by atoms with Gasteiger partial charge < -0.3 is 10.2 Å². The van der Waals surface area contributed by atoms with Crippen LogP contribution in [-0.4, -0.2) is 45.8 Å². The van der Waals surface area contributed by atoms with Gasteiger partial charge in [-0.25, -0.2) is 8.42 Å². The average molecular weight is 310 g/mol. The highest BCUT2D eigenvalue weighted by atomic mass is 32.2. The van der Waals surface area contributed by atoms with Crippen molar-refractivity contribution in [2.45, 2.75) is 25.2 Å². The minimum Gasteiger partial charge on any atom is -0.384 e. The second-order valence-corrected chi connectivity index (χ2v) is 8.44. The molecular formula is C16H26N2O2S. The monoisotopic (exact) mass is 310 g/mol. The summed E-state index contributed by atoms with van der Waals surface area (Å²) < 4.78 is 23.5. The SMILES string of the molecule is CC(C)CN1CC[C@@H](CNc2ccccc2S(C)(=O)=O)C1. The summed E-state index contributed by atoms with van der Waals surface area (Å²) in [5.74, 6) is 1.29. The predicted octanol–water partition coefficient (Wildman–Crippen LogP) is 2.48. The first-order valence-electron chi connectivity index (χ1n) is 7.61. The van der Waals surface area contributed by atoms with Crippen molar-refractivity contribution in [2.24, 2.45) is 11.8 Å². The Kier molecular flexibility index (Phi) is 5.27. The molecule has 0 aliphatic carbocycles. The first kappa shape index (κ1) is 16.3. The van der Waals surface area contributed by atoms with Gasteiger partial charge in [0.25, 0.3) is 0 Å². The van der Waals surface area contributed by atoms with Gasteiger partial charge >= 0.3 is 0 Å². The van der Waals surface area contributed by atoms with Gasteiger partial charge in [0.1, 0.15) is 0 Å². The quantitative estimate of drug-likeness (QED) is 0.877. The van der Waals surface area contributed by atoms with Crippen LogP contribution in [0, 0.1) is 11.8 Å². The molecule has 1 aliphatic rings. The van der Waals surface area contributed by atoms with Crippen molar-refractivity contribution in [3.63, 3.8) is 0 Å². The molecule has 1 saturated heterocycles. The van der Waals surface area contributed by atoms with Gasteiger partial charge in [-0.15, -0.1) is 0 Å². The second-order valence-electron chi connectivity index (χ2n) is 6.46. The van der Waals surface area contributed by atoms with Crippen molar-refractivity contribution in [1.82, 2.24) is 4.90 Å². The van der Waals surface area contributed by atoms with Crippen molar-refractivity contribution in [2.75, 3.05) is 37.8 Å². The summed E-state index contributed by atoms with van der Waals surface area (Å²) in [4.78, 5) is 2.89. The Labute approximate surface area is 128 Å². The molecule has 0 radical (unpaired) electrons. The van der Waals surface area contributed by atoms with E-state index in [4.69, 9.17) is 0 Å². The lowest BCUT2D eigenvalue weighted by molar-refractivity contribution is 0.289. The largest absolute Gasteiger partial charge is 0.384 e. The van der Waals surface area contributed by atoms with Crippen molar-refractivity contribution >= 4 is 15.5 Å². The molecular weight excluding hydrogens is 284 g/mol. The van der Waals surface area contributed by atoms with E-state index in [-0.39, 0.29) is 0 Å². The Morgan fingerprint density at radius 2 is 2.05 bits per heavy atom. The first-order chi connectivity index (χ1) is 9.86. The molecule has 0 amide bonds. The van der Waals surface area contributed by atoms with E-state index in [9.17, 15) is 8.42 Å². The molecule has 1 heterocycles. The molecule has 0 bridgehead atoms. The van der Waals surface area contributed by atoms with Crippen LogP contribution in [-0.2, 0) is 9.84 Å². The molecule has 1 aromatic carbocycles. The molecule has 1 aromatic rings. The smallest absolute Gasteiger partial charge is 0.177 e. The number of nitrogens with zero attached hydrogens (tertiary/aromatic N) is 1. The van der Waals surface area contributed by atoms with Crippen LogP contribution in [0.25, 0.3) is 0 Å². The molecule has 2 rings (SSSR count). The second kappa shape index (κ2) is 6.79.